The number of nitrogens with zero attached hydrogens (tertiary/aromatic N) is 2. The second kappa shape index (κ2) is 3.48. The summed E-state index contributed by atoms with van der Waals surface area (Å²) in [5, 5.41) is 0. The minimum absolute atomic E-state index is 0.0464. The van der Waals surface area contributed by atoms with Gasteiger partial charge in [-0.2, -0.15) is 0 Å². The van der Waals surface area contributed by atoms with E-state index in [-0.39, 0.29) is 12.3 Å². The molecule has 4 heteroatoms. The van der Waals surface area contributed by atoms with Gasteiger partial charge in [-0.15, -0.1) is 0 Å². The summed E-state index contributed by atoms with van der Waals surface area (Å²) in [6.45, 7) is 1.79. The lowest BCUT2D eigenvalue weighted by Crippen LogP contribution is -2.14. The van der Waals surface area contributed by atoms with Gasteiger partial charge in [0, 0.05) is 24.8 Å². The van der Waals surface area contributed by atoms with E-state index in [1.165, 1.54) is 0 Å². The third kappa shape index (κ3) is 1.54. The molecule has 2 N–H and O–H groups in total. The van der Waals surface area contributed by atoms with Crippen LogP contribution in [0, 0.1) is 0 Å². The van der Waals surface area contributed by atoms with Crippen LogP contribution >= 0.6 is 0 Å². The molecule has 0 fully saturated rings. The third-order valence-corrected chi connectivity index (χ3v) is 2.43. The minimum Gasteiger partial charge on any atom is -0.324 e. The highest BCUT2D eigenvalue weighted by Crippen LogP contribution is 2.19. The van der Waals surface area contributed by atoms with Crippen molar-refractivity contribution in [1.29, 1.82) is 0 Å². The SMILES string of the molecule is CN1Cc2cc(C(=O)CN)cnc2C1. The Morgan fingerprint density at radius 2 is 2.43 bits per heavy atom. The van der Waals surface area contributed by atoms with Gasteiger partial charge in [-0.3, -0.25) is 14.7 Å². The Morgan fingerprint density at radius 1 is 1.64 bits per heavy atom. The van der Waals surface area contributed by atoms with E-state index in [0.717, 1.165) is 24.3 Å². The Balaban J connectivity index is 2.33. The third-order valence-electron chi connectivity index (χ3n) is 2.43. The molecule has 1 aliphatic heterocycles. The lowest BCUT2D eigenvalue weighted by molar-refractivity contribution is 0.100. The topological polar surface area (TPSA) is 59.2 Å². The largest absolute Gasteiger partial charge is 0.324 e. The first-order valence-corrected chi connectivity index (χ1v) is 4.60. The second-order valence-electron chi connectivity index (χ2n) is 3.63. The predicted molar refractivity (Wildman–Crippen MR) is 52.8 cm³/mol. The van der Waals surface area contributed by atoms with Crippen LogP contribution in [-0.4, -0.2) is 29.3 Å². The van der Waals surface area contributed by atoms with Gasteiger partial charge in [-0.1, -0.05) is 0 Å². The number of aromatic nitrogens is 1. The zero-order valence-electron chi connectivity index (χ0n) is 8.16. The number of ketones is 1. The quantitative estimate of drug-likeness (QED) is 0.677. The lowest BCUT2D eigenvalue weighted by Gasteiger charge is -2.02. The van der Waals surface area contributed by atoms with Crippen LogP contribution in [-0.2, 0) is 13.1 Å². The molecule has 1 aromatic rings. The summed E-state index contributed by atoms with van der Waals surface area (Å²) in [4.78, 5) is 17.7. The number of carbonyl (C=O) groups excluding carboxylic acids is 1. The number of nitrogens with two attached hydrogens (primary N) is 1. The highest BCUT2D eigenvalue weighted by Gasteiger charge is 2.18. The van der Waals surface area contributed by atoms with E-state index >= 15 is 0 Å². The fraction of sp³-hybridized carbons (Fsp3) is 0.400. The number of Topliss-reactive ketones (excluding diaryl/α,β-unsaturated/α-hetero) is 1. The van der Waals surface area contributed by atoms with Gasteiger partial charge in [0.05, 0.1) is 12.2 Å². The molecule has 1 aromatic heterocycles. The Bertz CT molecular complexity index is 376. The lowest BCUT2D eigenvalue weighted by atomic mass is 10.1. The van der Waals surface area contributed by atoms with Gasteiger partial charge in [0.1, 0.15) is 0 Å². The molecule has 2 rings (SSSR count). The van der Waals surface area contributed by atoms with Gasteiger partial charge >= 0.3 is 0 Å². The van der Waals surface area contributed by atoms with Crippen LogP contribution in [0.25, 0.3) is 0 Å². The molecule has 0 amide bonds. The number of rotatable bonds is 2. The molecular formula is C10H13N3O. The van der Waals surface area contributed by atoms with Crippen LogP contribution in [0.1, 0.15) is 21.6 Å². The molecule has 0 saturated carbocycles. The summed E-state index contributed by atoms with van der Waals surface area (Å²) in [5.74, 6) is -0.0464. The zero-order valence-corrected chi connectivity index (χ0v) is 8.16. The van der Waals surface area contributed by atoms with Crippen molar-refractivity contribution in [3.05, 3.63) is 29.1 Å². The Labute approximate surface area is 82.7 Å². The van der Waals surface area contributed by atoms with Gasteiger partial charge in [-0.25, -0.2) is 0 Å². The van der Waals surface area contributed by atoms with Crippen molar-refractivity contribution in [3.8, 4) is 0 Å². The summed E-state index contributed by atoms with van der Waals surface area (Å²) >= 11 is 0. The molecule has 0 atom stereocenters. The van der Waals surface area contributed by atoms with E-state index in [1.807, 2.05) is 13.1 Å². The average molecular weight is 191 g/mol. The van der Waals surface area contributed by atoms with Crippen molar-refractivity contribution in [2.45, 2.75) is 13.1 Å². The molecule has 0 radical (unpaired) electrons. The van der Waals surface area contributed by atoms with Gasteiger partial charge < -0.3 is 5.73 Å². The summed E-state index contributed by atoms with van der Waals surface area (Å²) in [5.41, 5.74) is 8.13. The van der Waals surface area contributed by atoms with Crippen LogP contribution in [0.4, 0.5) is 0 Å². The van der Waals surface area contributed by atoms with E-state index < -0.39 is 0 Å². The number of hydrogen-bond donors (Lipinski definition) is 1. The van der Waals surface area contributed by atoms with Crippen LogP contribution in [0.5, 0.6) is 0 Å². The van der Waals surface area contributed by atoms with Crippen LogP contribution in [0.3, 0.4) is 0 Å². The fourth-order valence-corrected chi connectivity index (χ4v) is 1.69. The van der Waals surface area contributed by atoms with E-state index in [2.05, 4.69) is 9.88 Å². The van der Waals surface area contributed by atoms with Crippen molar-refractivity contribution < 1.29 is 4.79 Å². The Hall–Kier alpha value is -1.26. The molecule has 0 aliphatic carbocycles. The van der Waals surface area contributed by atoms with Crippen molar-refractivity contribution >= 4 is 5.78 Å². The summed E-state index contributed by atoms with van der Waals surface area (Å²) in [7, 11) is 2.03. The van der Waals surface area contributed by atoms with Gasteiger partial charge in [-0.05, 0) is 18.7 Å². The first-order valence-electron chi connectivity index (χ1n) is 4.60. The maximum Gasteiger partial charge on any atom is 0.177 e. The van der Waals surface area contributed by atoms with Crippen LogP contribution in [0.2, 0.25) is 0 Å². The maximum absolute atomic E-state index is 11.3. The second-order valence-corrected chi connectivity index (χ2v) is 3.63. The number of pyridine rings is 1. The molecule has 14 heavy (non-hydrogen) atoms. The van der Waals surface area contributed by atoms with Crippen LogP contribution < -0.4 is 5.73 Å². The number of carbonyl (C=O) groups is 1. The first kappa shape index (κ1) is 9.30. The van der Waals surface area contributed by atoms with Crippen molar-refractivity contribution in [2.24, 2.45) is 5.73 Å². The molecule has 0 saturated heterocycles. The van der Waals surface area contributed by atoms with E-state index in [9.17, 15) is 4.79 Å². The predicted octanol–water partition coefficient (Wildman–Crippen LogP) is 0.168. The molecule has 0 unspecified atom stereocenters. The summed E-state index contributed by atoms with van der Waals surface area (Å²) < 4.78 is 0. The smallest absolute Gasteiger partial charge is 0.177 e. The van der Waals surface area contributed by atoms with E-state index in [1.54, 1.807) is 6.20 Å². The highest BCUT2D eigenvalue weighted by atomic mass is 16.1. The molecule has 0 bridgehead atoms. The molecule has 2 heterocycles. The molecule has 74 valence electrons. The maximum atomic E-state index is 11.3. The van der Waals surface area contributed by atoms with Gasteiger partial charge in [0.25, 0.3) is 0 Å². The standard InChI is InChI=1S/C10H13N3O/c1-13-5-8-2-7(10(14)3-11)4-12-9(8)6-13/h2,4H,3,5-6,11H2,1H3. The molecule has 0 aromatic carbocycles. The summed E-state index contributed by atoms with van der Waals surface area (Å²) in [6, 6.07) is 1.90. The average Bonchev–Trinajstić information content (AvgIpc) is 2.55. The van der Waals surface area contributed by atoms with E-state index in [0.29, 0.717) is 5.56 Å². The minimum atomic E-state index is -0.0464. The molecular weight excluding hydrogens is 178 g/mol. The molecule has 1 aliphatic rings. The van der Waals surface area contributed by atoms with E-state index in [4.69, 9.17) is 5.73 Å². The van der Waals surface area contributed by atoms with Crippen molar-refractivity contribution in [2.75, 3.05) is 13.6 Å². The van der Waals surface area contributed by atoms with Gasteiger partial charge in [0.2, 0.25) is 0 Å². The van der Waals surface area contributed by atoms with Gasteiger partial charge in [0.15, 0.2) is 5.78 Å². The Morgan fingerprint density at radius 3 is 3.14 bits per heavy atom. The normalized spacial score (nSPS) is 15.6. The zero-order chi connectivity index (χ0) is 10.1. The van der Waals surface area contributed by atoms with Crippen LogP contribution in [0.15, 0.2) is 12.3 Å². The highest BCUT2D eigenvalue weighted by molar-refractivity contribution is 5.97. The molecule has 4 nitrogen and oxygen atoms in total. The number of fused-ring (bicyclic) bond motifs is 1. The molecule has 0 spiro atoms. The monoisotopic (exact) mass is 191 g/mol. The van der Waals surface area contributed by atoms with Crippen molar-refractivity contribution in [3.63, 3.8) is 0 Å². The Kier molecular flexibility index (Phi) is 2.31. The number of hydrogen-bond acceptors (Lipinski definition) is 4. The first-order chi connectivity index (χ1) is 6.70. The fourth-order valence-electron chi connectivity index (χ4n) is 1.69. The summed E-state index contributed by atoms with van der Waals surface area (Å²) in [6.07, 6.45) is 1.62. The van der Waals surface area contributed by atoms with Crippen molar-refractivity contribution in [1.82, 2.24) is 9.88 Å².